The number of fused-ring (bicyclic) bond motifs is 5. The molecular weight excluding hydrogens is 456 g/mol. The Hall–Kier alpha value is -4.89. The summed E-state index contributed by atoms with van der Waals surface area (Å²) in [6.45, 7) is 2.00. The highest BCUT2D eigenvalue weighted by Gasteiger charge is 2.46. The minimum absolute atomic E-state index is 0.273. The zero-order valence-electron chi connectivity index (χ0n) is 20.1. The third kappa shape index (κ3) is 3.32. The van der Waals surface area contributed by atoms with Crippen LogP contribution in [0.25, 0.3) is 32.7 Å². The first-order valence-corrected chi connectivity index (χ1v) is 12.1. The fourth-order valence-electron chi connectivity index (χ4n) is 5.96. The van der Waals surface area contributed by atoms with E-state index in [1.807, 2.05) is 31.1 Å². The van der Waals surface area contributed by atoms with Gasteiger partial charge in [0, 0.05) is 0 Å². The lowest BCUT2D eigenvalue weighted by Crippen LogP contribution is -2.28. The van der Waals surface area contributed by atoms with E-state index in [0.29, 0.717) is 0 Å². The Balaban J connectivity index is 0.00000123. The third-order valence-electron chi connectivity index (χ3n) is 7.47. The van der Waals surface area contributed by atoms with Gasteiger partial charge in [-0.25, -0.2) is 0 Å². The molecular formula is C34H24O3. The highest BCUT2D eigenvalue weighted by molar-refractivity contribution is 5.92. The Morgan fingerprint density at radius 2 is 0.838 bits per heavy atom. The van der Waals surface area contributed by atoms with Crippen LogP contribution in [0.1, 0.15) is 22.3 Å². The van der Waals surface area contributed by atoms with Crippen LogP contribution < -0.4 is 0 Å². The number of phenols is 2. The van der Waals surface area contributed by atoms with E-state index >= 15 is 0 Å². The topological polar surface area (TPSA) is 57.5 Å². The molecule has 7 rings (SSSR count). The molecule has 0 fully saturated rings. The summed E-state index contributed by atoms with van der Waals surface area (Å²) in [6, 6.07) is 41.6. The maximum atomic E-state index is 10.0. The van der Waals surface area contributed by atoms with Crippen LogP contribution in [0.3, 0.4) is 0 Å². The molecule has 0 aromatic heterocycles. The standard InChI is InChI=1S/C33H22O2.CH2O/c34-27-15-11-21-17-25(13-9-23(21)19-27)33(26-14-10-24-20-28(35)16-12-22(24)18-26)31-7-3-1-5-29(31)30-6-2-4-8-32(30)33;1-2/h1-20,34-35H;1H2. The molecule has 0 saturated carbocycles. The average molecular weight is 481 g/mol. The second kappa shape index (κ2) is 8.65. The summed E-state index contributed by atoms with van der Waals surface area (Å²) in [7, 11) is 0. The number of benzene rings is 6. The Morgan fingerprint density at radius 1 is 0.459 bits per heavy atom. The molecule has 0 bridgehead atoms. The fraction of sp³-hybridized carbons (Fsp3) is 0.0294. The predicted molar refractivity (Wildman–Crippen MR) is 149 cm³/mol. The number of hydrogen-bond donors (Lipinski definition) is 2. The summed E-state index contributed by atoms with van der Waals surface area (Å²) in [5.74, 6) is 0.545. The SMILES string of the molecule is C=O.Oc1ccc2cc(C3(c4ccc5cc(O)ccc5c4)c4ccccc4-c4ccccc43)ccc2c1. The predicted octanol–water partition coefficient (Wildman–Crippen LogP) is 7.58. The second-order valence-electron chi connectivity index (χ2n) is 9.33. The normalized spacial score (nSPS) is 13.0. The van der Waals surface area contributed by atoms with Gasteiger partial charge in [-0.1, -0.05) is 84.9 Å². The molecule has 2 N–H and O–H groups in total. The Labute approximate surface area is 214 Å². The molecule has 0 radical (unpaired) electrons. The van der Waals surface area contributed by atoms with Gasteiger partial charge in [0.05, 0.1) is 5.41 Å². The summed E-state index contributed by atoms with van der Waals surface area (Å²) >= 11 is 0. The van der Waals surface area contributed by atoms with E-state index < -0.39 is 5.41 Å². The van der Waals surface area contributed by atoms with Gasteiger partial charge < -0.3 is 15.0 Å². The van der Waals surface area contributed by atoms with Gasteiger partial charge in [0.1, 0.15) is 18.3 Å². The van der Waals surface area contributed by atoms with Crippen molar-refractivity contribution in [3.05, 3.63) is 144 Å². The lowest BCUT2D eigenvalue weighted by atomic mass is 9.67. The molecule has 1 aliphatic carbocycles. The summed E-state index contributed by atoms with van der Waals surface area (Å²) in [6.07, 6.45) is 0. The molecule has 0 heterocycles. The second-order valence-corrected chi connectivity index (χ2v) is 9.33. The maximum Gasteiger partial charge on any atom is 0.116 e. The van der Waals surface area contributed by atoms with E-state index in [-0.39, 0.29) is 11.5 Å². The van der Waals surface area contributed by atoms with Crippen LogP contribution in [0, 0.1) is 0 Å². The fourth-order valence-corrected chi connectivity index (χ4v) is 5.96. The van der Waals surface area contributed by atoms with Crippen molar-refractivity contribution in [1.29, 1.82) is 0 Å². The van der Waals surface area contributed by atoms with Gasteiger partial charge in [-0.15, -0.1) is 0 Å². The molecule has 0 saturated heterocycles. The van der Waals surface area contributed by atoms with Crippen molar-refractivity contribution >= 4 is 28.3 Å². The number of phenolic OH excluding ortho intramolecular Hbond substituents is 2. The Bertz CT molecular complexity index is 1670. The highest BCUT2D eigenvalue weighted by atomic mass is 16.3. The highest BCUT2D eigenvalue weighted by Crippen LogP contribution is 2.56. The van der Waals surface area contributed by atoms with Crippen molar-refractivity contribution in [1.82, 2.24) is 0 Å². The van der Waals surface area contributed by atoms with E-state index in [4.69, 9.17) is 4.79 Å². The first kappa shape index (κ1) is 22.6. The van der Waals surface area contributed by atoms with E-state index in [1.165, 1.54) is 33.4 Å². The quantitative estimate of drug-likeness (QED) is 0.268. The number of rotatable bonds is 2. The summed E-state index contributed by atoms with van der Waals surface area (Å²) in [5.41, 5.74) is 6.90. The van der Waals surface area contributed by atoms with E-state index in [1.54, 1.807) is 12.1 Å². The van der Waals surface area contributed by atoms with E-state index in [0.717, 1.165) is 21.5 Å². The maximum absolute atomic E-state index is 10.0. The van der Waals surface area contributed by atoms with Crippen LogP contribution in [0.15, 0.2) is 121 Å². The summed E-state index contributed by atoms with van der Waals surface area (Å²) in [4.78, 5) is 8.00. The van der Waals surface area contributed by atoms with Crippen molar-refractivity contribution in [3.63, 3.8) is 0 Å². The average Bonchev–Trinajstić information content (AvgIpc) is 3.25. The Morgan fingerprint density at radius 3 is 1.30 bits per heavy atom. The van der Waals surface area contributed by atoms with Gasteiger partial charge in [0.2, 0.25) is 0 Å². The first-order chi connectivity index (χ1) is 18.1. The largest absolute Gasteiger partial charge is 0.508 e. The van der Waals surface area contributed by atoms with Gasteiger partial charge in [0.25, 0.3) is 0 Å². The van der Waals surface area contributed by atoms with Gasteiger partial charge in [-0.2, -0.15) is 0 Å². The van der Waals surface area contributed by atoms with Crippen LogP contribution in [-0.2, 0) is 10.2 Å². The smallest absolute Gasteiger partial charge is 0.116 e. The molecule has 6 aromatic carbocycles. The summed E-state index contributed by atoms with van der Waals surface area (Å²) in [5, 5.41) is 24.2. The van der Waals surface area contributed by atoms with Crippen LogP contribution in [0.4, 0.5) is 0 Å². The van der Waals surface area contributed by atoms with Crippen LogP contribution in [-0.4, -0.2) is 17.0 Å². The lowest BCUT2D eigenvalue weighted by molar-refractivity contribution is -0.0980. The van der Waals surface area contributed by atoms with Crippen molar-refractivity contribution in [2.24, 2.45) is 0 Å². The van der Waals surface area contributed by atoms with Crippen molar-refractivity contribution in [2.75, 3.05) is 0 Å². The number of hydrogen-bond acceptors (Lipinski definition) is 3. The van der Waals surface area contributed by atoms with E-state index in [9.17, 15) is 10.2 Å². The van der Waals surface area contributed by atoms with Crippen LogP contribution in [0.2, 0.25) is 0 Å². The molecule has 0 aliphatic heterocycles. The van der Waals surface area contributed by atoms with Gasteiger partial charge in [-0.05, 0) is 91.3 Å². The third-order valence-corrected chi connectivity index (χ3v) is 7.47. The molecule has 0 atom stereocenters. The van der Waals surface area contributed by atoms with Crippen molar-refractivity contribution in [3.8, 4) is 22.6 Å². The first-order valence-electron chi connectivity index (χ1n) is 12.1. The zero-order chi connectivity index (χ0) is 25.6. The molecule has 1 aliphatic rings. The van der Waals surface area contributed by atoms with Gasteiger partial charge in [0.15, 0.2) is 0 Å². The minimum Gasteiger partial charge on any atom is -0.508 e. The van der Waals surface area contributed by atoms with Crippen molar-refractivity contribution < 1.29 is 15.0 Å². The number of aromatic hydroxyl groups is 2. The lowest BCUT2D eigenvalue weighted by Gasteiger charge is -2.34. The molecule has 37 heavy (non-hydrogen) atoms. The molecule has 0 spiro atoms. The molecule has 178 valence electrons. The molecule has 3 nitrogen and oxygen atoms in total. The van der Waals surface area contributed by atoms with Crippen LogP contribution >= 0.6 is 0 Å². The minimum atomic E-state index is -0.495. The molecule has 0 amide bonds. The number of carbonyl (C=O) groups is 1. The monoisotopic (exact) mass is 480 g/mol. The van der Waals surface area contributed by atoms with Crippen LogP contribution in [0.5, 0.6) is 11.5 Å². The molecule has 0 unspecified atom stereocenters. The summed E-state index contributed by atoms with van der Waals surface area (Å²) < 4.78 is 0. The number of carbonyl (C=O) groups excluding carboxylic acids is 1. The Kier molecular flexibility index (Phi) is 5.27. The van der Waals surface area contributed by atoms with E-state index in [2.05, 4.69) is 84.9 Å². The van der Waals surface area contributed by atoms with Gasteiger partial charge >= 0.3 is 0 Å². The molecule has 3 heteroatoms. The molecule has 6 aromatic rings. The van der Waals surface area contributed by atoms with Crippen molar-refractivity contribution in [2.45, 2.75) is 5.41 Å². The zero-order valence-corrected chi connectivity index (χ0v) is 20.1. The van der Waals surface area contributed by atoms with Gasteiger partial charge in [-0.3, -0.25) is 0 Å².